The zero-order valence-corrected chi connectivity index (χ0v) is 15.3. The molecule has 0 amide bonds. The van der Waals surface area contributed by atoms with E-state index in [1.165, 1.54) is 6.20 Å². The lowest BCUT2D eigenvalue weighted by Crippen LogP contribution is -2.50. The molecule has 1 aromatic carbocycles. The molecule has 1 fully saturated rings. The van der Waals surface area contributed by atoms with E-state index in [0.29, 0.717) is 36.1 Å². The molecule has 1 unspecified atom stereocenters. The van der Waals surface area contributed by atoms with Crippen LogP contribution < -0.4 is 20.1 Å². The number of pyridine rings is 1. The van der Waals surface area contributed by atoms with Crippen molar-refractivity contribution in [2.45, 2.75) is 12.5 Å². The van der Waals surface area contributed by atoms with E-state index in [9.17, 15) is 14.7 Å². The quantitative estimate of drug-likeness (QED) is 0.830. The Labute approximate surface area is 159 Å². The summed E-state index contributed by atoms with van der Waals surface area (Å²) in [4.78, 5) is 28.3. The maximum absolute atomic E-state index is 15.2. The average molecular weight is 386 g/mol. The van der Waals surface area contributed by atoms with Crippen LogP contribution in [0.5, 0.6) is 5.75 Å². The highest BCUT2D eigenvalue weighted by Crippen LogP contribution is 2.41. The van der Waals surface area contributed by atoms with Crippen molar-refractivity contribution in [2.24, 2.45) is 0 Å². The molecular weight excluding hydrogens is 367 g/mol. The first-order chi connectivity index (χ1) is 13.5. The molecule has 28 heavy (non-hydrogen) atoms. The van der Waals surface area contributed by atoms with Crippen molar-refractivity contribution in [2.75, 3.05) is 43.3 Å². The fourth-order valence-electron chi connectivity index (χ4n) is 4.30. The summed E-state index contributed by atoms with van der Waals surface area (Å²) >= 11 is 0. The molecule has 5 rings (SSSR count). The molecule has 1 saturated heterocycles. The molecule has 8 nitrogen and oxygen atoms in total. The van der Waals surface area contributed by atoms with Crippen LogP contribution >= 0.6 is 0 Å². The first-order valence-corrected chi connectivity index (χ1v) is 9.12. The normalized spacial score (nSPS) is 20.5. The van der Waals surface area contributed by atoms with E-state index in [0.717, 1.165) is 19.0 Å². The van der Waals surface area contributed by atoms with Crippen LogP contribution in [0.4, 0.5) is 10.1 Å². The van der Waals surface area contributed by atoms with Gasteiger partial charge in [0.25, 0.3) is 0 Å². The first-order valence-electron chi connectivity index (χ1n) is 9.12. The summed E-state index contributed by atoms with van der Waals surface area (Å²) in [6.07, 6.45) is 6.39. The Hall–Kier alpha value is -3.23. The number of benzene rings is 1. The van der Waals surface area contributed by atoms with Crippen LogP contribution in [0.15, 0.2) is 29.3 Å². The van der Waals surface area contributed by atoms with E-state index in [2.05, 4.69) is 17.2 Å². The van der Waals surface area contributed by atoms with Gasteiger partial charge in [0.1, 0.15) is 16.8 Å². The van der Waals surface area contributed by atoms with Crippen molar-refractivity contribution >= 4 is 22.6 Å². The number of piperazine rings is 1. The Morgan fingerprint density at radius 2 is 2.18 bits per heavy atom. The van der Waals surface area contributed by atoms with Crippen LogP contribution in [0.25, 0.3) is 10.9 Å². The molecule has 3 aliphatic heterocycles. The molecule has 1 aromatic heterocycles. The number of fused-ring (bicyclic) bond motifs is 1. The highest BCUT2D eigenvalue weighted by molar-refractivity contribution is 5.97. The summed E-state index contributed by atoms with van der Waals surface area (Å²) < 4.78 is 22.6. The van der Waals surface area contributed by atoms with Crippen LogP contribution in [0.1, 0.15) is 16.8 Å². The number of carboxylic acids is 1. The molecule has 1 N–H and O–H groups in total. The van der Waals surface area contributed by atoms with E-state index in [1.54, 1.807) is 16.7 Å². The van der Waals surface area contributed by atoms with E-state index in [-0.39, 0.29) is 12.1 Å². The summed E-state index contributed by atoms with van der Waals surface area (Å²) in [5.41, 5.74) is -0.380. The van der Waals surface area contributed by atoms with Gasteiger partial charge in [-0.2, -0.15) is 0 Å². The van der Waals surface area contributed by atoms with Crippen molar-refractivity contribution in [1.82, 2.24) is 9.58 Å². The van der Waals surface area contributed by atoms with Crippen molar-refractivity contribution in [3.8, 4) is 5.75 Å². The van der Waals surface area contributed by atoms with Gasteiger partial charge in [0, 0.05) is 38.9 Å². The molecule has 146 valence electrons. The number of carbonyl (C=O) groups is 1. The highest BCUT2D eigenvalue weighted by Gasteiger charge is 2.33. The van der Waals surface area contributed by atoms with Gasteiger partial charge in [-0.05, 0) is 18.7 Å². The van der Waals surface area contributed by atoms with Crippen molar-refractivity contribution in [3.05, 3.63) is 46.1 Å². The van der Waals surface area contributed by atoms with Crippen molar-refractivity contribution in [3.63, 3.8) is 0 Å². The fourth-order valence-corrected chi connectivity index (χ4v) is 4.30. The van der Waals surface area contributed by atoms with E-state index in [1.807, 2.05) is 4.90 Å². The predicted octanol–water partition coefficient (Wildman–Crippen LogP) is 1.16. The van der Waals surface area contributed by atoms with E-state index < -0.39 is 22.8 Å². The molecule has 2 aromatic rings. The third-order valence-corrected chi connectivity index (χ3v) is 5.70. The Bertz CT molecular complexity index is 1100. The minimum atomic E-state index is -1.34. The molecular formula is C19H19FN4O4. The van der Waals surface area contributed by atoms with Crippen molar-refractivity contribution in [1.29, 1.82) is 0 Å². The van der Waals surface area contributed by atoms with Gasteiger partial charge in [0.05, 0.1) is 5.39 Å². The van der Waals surface area contributed by atoms with Gasteiger partial charge in [0.2, 0.25) is 5.43 Å². The molecule has 0 spiro atoms. The first kappa shape index (κ1) is 16.9. The minimum Gasteiger partial charge on any atom is -0.477 e. The smallest absolute Gasteiger partial charge is 0.341 e. The summed E-state index contributed by atoms with van der Waals surface area (Å²) in [5, 5.41) is 11.0. The highest BCUT2D eigenvalue weighted by atomic mass is 19.1. The standard InChI is InChI=1S/C19H19FN4O4/c1-21-10-28-18-15-12(17(25)13(19(26)27)9-24(15)21)7-14(20)16(18)23-6-5-22-4-2-3-11(22)8-23/h2,4,7,9,11H,3,5-6,8,10H2,1H3,(H,26,27). The Kier molecular flexibility index (Phi) is 3.55. The third-order valence-electron chi connectivity index (χ3n) is 5.70. The largest absolute Gasteiger partial charge is 0.477 e. The molecule has 4 heterocycles. The zero-order chi connectivity index (χ0) is 19.6. The number of aromatic nitrogens is 1. The van der Waals surface area contributed by atoms with Crippen LogP contribution in [0, 0.1) is 5.82 Å². The number of hydrogen-bond acceptors (Lipinski definition) is 6. The van der Waals surface area contributed by atoms with E-state index >= 15 is 4.39 Å². The second-order valence-corrected chi connectivity index (χ2v) is 7.34. The van der Waals surface area contributed by atoms with Crippen LogP contribution in [-0.2, 0) is 0 Å². The number of hydrogen-bond donors (Lipinski definition) is 1. The maximum Gasteiger partial charge on any atom is 0.341 e. The molecule has 1 atom stereocenters. The second-order valence-electron chi connectivity index (χ2n) is 7.34. The molecule has 9 heteroatoms. The van der Waals surface area contributed by atoms with Gasteiger partial charge in [0.15, 0.2) is 18.3 Å². The molecule has 3 aliphatic rings. The van der Waals surface area contributed by atoms with Gasteiger partial charge >= 0.3 is 5.97 Å². The Balaban J connectivity index is 1.72. The molecule has 0 aliphatic carbocycles. The number of halogens is 1. The number of anilines is 1. The molecule has 0 radical (unpaired) electrons. The van der Waals surface area contributed by atoms with Crippen molar-refractivity contribution < 1.29 is 19.0 Å². The number of ether oxygens (including phenoxy) is 1. The number of nitrogens with zero attached hydrogens (tertiary/aromatic N) is 4. The number of rotatable bonds is 2. The fraction of sp³-hybridized carbons (Fsp3) is 0.368. The lowest BCUT2D eigenvalue weighted by molar-refractivity contribution is 0.0694. The van der Waals surface area contributed by atoms with Gasteiger partial charge in [-0.3, -0.25) is 14.5 Å². The number of aromatic carboxylic acids is 1. The van der Waals surface area contributed by atoms with Gasteiger partial charge in [-0.1, -0.05) is 6.08 Å². The van der Waals surface area contributed by atoms with Gasteiger partial charge in [-0.15, -0.1) is 0 Å². The van der Waals surface area contributed by atoms with Crippen LogP contribution in [0.2, 0.25) is 0 Å². The molecule has 0 saturated carbocycles. The van der Waals surface area contributed by atoms with E-state index in [4.69, 9.17) is 4.74 Å². The zero-order valence-electron chi connectivity index (χ0n) is 15.3. The predicted molar refractivity (Wildman–Crippen MR) is 101 cm³/mol. The van der Waals surface area contributed by atoms with Crippen LogP contribution in [-0.4, -0.2) is 60.1 Å². The van der Waals surface area contributed by atoms with Crippen LogP contribution in [0.3, 0.4) is 0 Å². The summed E-state index contributed by atoms with van der Waals surface area (Å²) in [6, 6.07) is 1.43. The molecule has 0 bridgehead atoms. The van der Waals surface area contributed by atoms with Gasteiger partial charge < -0.3 is 19.6 Å². The van der Waals surface area contributed by atoms with Gasteiger partial charge in [-0.25, -0.2) is 9.18 Å². The average Bonchev–Trinajstić information content (AvgIpc) is 3.13. The topological polar surface area (TPSA) is 78.2 Å². The Morgan fingerprint density at radius 3 is 2.96 bits per heavy atom. The summed E-state index contributed by atoms with van der Waals surface area (Å²) in [7, 11) is 1.71. The maximum atomic E-state index is 15.2. The summed E-state index contributed by atoms with van der Waals surface area (Å²) in [5.74, 6) is -1.62. The SMILES string of the molecule is CN1COc2c(N3CCN4C=CCC4C3)c(F)cc3c(=O)c(C(=O)O)cn1c23. The monoisotopic (exact) mass is 386 g/mol. The number of carboxylic acid groups (broad SMARTS) is 1. The lowest BCUT2D eigenvalue weighted by atomic mass is 10.1. The Morgan fingerprint density at radius 1 is 1.36 bits per heavy atom. The third kappa shape index (κ3) is 2.28. The minimum absolute atomic E-state index is 0.00358. The summed E-state index contributed by atoms with van der Waals surface area (Å²) in [6.45, 7) is 2.18. The second kappa shape index (κ2) is 5.88. The lowest BCUT2D eigenvalue weighted by Gasteiger charge is -2.41.